The van der Waals surface area contributed by atoms with Gasteiger partial charge in [0.25, 0.3) is 5.91 Å². The van der Waals surface area contributed by atoms with Crippen molar-refractivity contribution >= 4 is 11.9 Å². The van der Waals surface area contributed by atoms with Gasteiger partial charge < -0.3 is 24.6 Å². The van der Waals surface area contributed by atoms with Crippen molar-refractivity contribution in [2.45, 2.75) is 44.8 Å². The van der Waals surface area contributed by atoms with Crippen molar-refractivity contribution in [3.05, 3.63) is 53.9 Å². The number of rotatable bonds is 7. The average Bonchev–Trinajstić information content (AvgIpc) is 2.84. The molecule has 0 radical (unpaired) electrons. The van der Waals surface area contributed by atoms with Crippen molar-refractivity contribution in [2.24, 2.45) is 5.92 Å². The number of carbonyl (C=O) groups is 2. The largest absolute Gasteiger partial charge is 0.503 e. The number of ether oxygens (including phenoxy) is 3. The van der Waals surface area contributed by atoms with Gasteiger partial charge in [-0.3, -0.25) is 4.79 Å². The van der Waals surface area contributed by atoms with Gasteiger partial charge in [-0.2, -0.15) is 0 Å². The Hall–Kier alpha value is -3.13. The Bertz CT molecular complexity index is 905. The topological polar surface area (TPSA) is 107 Å². The summed E-state index contributed by atoms with van der Waals surface area (Å²) in [4.78, 5) is 29.1. The number of pyridine rings is 1. The van der Waals surface area contributed by atoms with Gasteiger partial charge in [-0.05, 0) is 44.1 Å². The van der Waals surface area contributed by atoms with E-state index >= 15 is 0 Å². The molecule has 3 rings (SSSR count). The summed E-state index contributed by atoms with van der Waals surface area (Å²) < 4.78 is 16.3. The zero-order valence-electron chi connectivity index (χ0n) is 18.5. The first-order valence-corrected chi connectivity index (χ1v) is 10.8. The Labute approximate surface area is 187 Å². The van der Waals surface area contributed by atoms with E-state index in [1.54, 1.807) is 0 Å². The first-order valence-electron chi connectivity index (χ1n) is 10.8. The molecule has 0 saturated carbocycles. The minimum Gasteiger partial charge on any atom is -0.503 e. The van der Waals surface area contributed by atoms with E-state index in [-0.39, 0.29) is 30.1 Å². The van der Waals surface area contributed by atoms with Gasteiger partial charge in [0.2, 0.25) is 0 Å². The van der Waals surface area contributed by atoms with Crippen LogP contribution in [0.2, 0.25) is 0 Å². The summed E-state index contributed by atoms with van der Waals surface area (Å²) in [5.74, 6) is -1.31. The van der Waals surface area contributed by atoms with E-state index < -0.39 is 23.7 Å². The number of amides is 1. The molecule has 1 aliphatic heterocycles. The van der Waals surface area contributed by atoms with E-state index in [9.17, 15) is 14.7 Å². The highest BCUT2D eigenvalue weighted by molar-refractivity contribution is 5.98. The number of hydrogen-bond donors (Lipinski definition) is 2. The van der Waals surface area contributed by atoms with Crippen molar-refractivity contribution < 1.29 is 28.9 Å². The lowest BCUT2D eigenvalue weighted by molar-refractivity contribution is -0.151. The van der Waals surface area contributed by atoms with Crippen LogP contribution in [-0.4, -0.2) is 54.4 Å². The number of aromatic nitrogens is 1. The van der Waals surface area contributed by atoms with Crippen LogP contribution in [0, 0.1) is 5.92 Å². The smallest absolute Gasteiger partial charge is 0.331 e. The van der Waals surface area contributed by atoms with Crippen LogP contribution >= 0.6 is 0 Å². The molecule has 2 unspecified atom stereocenters. The van der Waals surface area contributed by atoms with Crippen LogP contribution in [0.4, 0.5) is 0 Å². The van der Waals surface area contributed by atoms with Gasteiger partial charge in [-0.15, -0.1) is 0 Å². The predicted molar refractivity (Wildman–Crippen MR) is 118 cm³/mol. The molecule has 2 N–H and O–H groups in total. The maximum absolute atomic E-state index is 12.6. The monoisotopic (exact) mass is 442 g/mol. The highest BCUT2D eigenvalue weighted by Crippen LogP contribution is 2.27. The van der Waals surface area contributed by atoms with Crippen LogP contribution in [0.15, 0.2) is 42.6 Å². The Morgan fingerprint density at radius 1 is 1.25 bits per heavy atom. The zero-order valence-corrected chi connectivity index (χ0v) is 18.5. The van der Waals surface area contributed by atoms with Crippen molar-refractivity contribution in [2.75, 3.05) is 20.3 Å². The summed E-state index contributed by atoms with van der Waals surface area (Å²) in [5, 5.41) is 12.7. The second-order valence-electron chi connectivity index (χ2n) is 8.00. The number of carbonyl (C=O) groups excluding carboxylic acids is 2. The second-order valence-corrected chi connectivity index (χ2v) is 8.00. The van der Waals surface area contributed by atoms with Crippen LogP contribution in [0.5, 0.6) is 11.5 Å². The number of esters is 1. The number of cyclic esters (lactones) is 1. The molecule has 3 atom stereocenters. The lowest BCUT2D eigenvalue weighted by atomic mass is 9.95. The van der Waals surface area contributed by atoms with Gasteiger partial charge in [-0.25, -0.2) is 9.78 Å². The van der Waals surface area contributed by atoms with Crippen LogP contribution in [0.3, 0.4) is 0 Å². The quantitative estimate of drug-likeness (QED) is 0.635. The molecule has 2 heterocycles. The molecule has 32 heavy (non-hydrogen) atoms. The van der Waals surface area contributed by atoms with Crippen molar-refractivity contribution in [3.8, 4) is 11.5 Å². The van der Waals surface area contributed by atoms with Crippen LogP contribution in [0.1, 0.15) is 42.2 Å². The second kappa shape index (κ2) is 11.5. The zero-order chi connectivity index (χ0) is 22.9. The van der Waals surface area contributed by atoms with Gasteiger partial charge in [0.1, 0.15) is 0 Å². The van der Waals surface area contributed by atoms with Crippen LogP contribution < -0.4 is 10.1 Å². The molecule has 1 aromatic carbocycles. The summed E-state index contributed by atoms with van der Waals surface area (Å²) in [6.07, 6.45) is 4.69. The normalized spacial score (nSPS) is 21.6. The summed E-state index contributed by atoms with van der Waals surface area (Å²) in [5.41, 5.74) is 1.07. The van der Waals surface area contributed by atoms with Crippen molar-refractivity contribution in [1.29, 1.82) is 0 Å². The number of aryl methyl sites for hydroxylation is 1. The fourth-order valence-corrected chi connectivity index (χ4v) is 3.82. The minimum atomic E-state index is -1.000. The predicted octanol–water partition coefficient (Wildman–Crippen LogP) is 2.89. The van der Waals surface area contributed by atoms with Crippen LogP contribution in [0.25, 0.3) is 0 Å². The maximum Gasteiger partial charge on any atom is 0.331 e. The highest BCUT2D eigenvalue weighted by atomic mass is 16.5. The Morgan fingerprint density at radius 2 is 2.03 bits per heavy atom. The third kappa shape index (κ3) is 6.43. The molecule has 8 nitrogen and oxygen atoms in total. The van der Waals surface area contributed by atoms with Gasteiger partial charge in [-0.1, -0.05) is 30.3 Å². The molecule has 0 spiro atoms. The number of nitrogens with zero attached hydrogens (tertiary/aromatic N) is 1. The van der Waals surface area contributed by atoms with Gasteiger partial charge in [0.05, 0.1) is 19.8 Å². The van der Waals surface area contributed by atoms with E-state index in [1.807, 2.05) is 25.1 Å². The Morgan fingerprint density at radius 3 is 2.78 bits per heavy atom. The SMILES string of the molecule is COc1ccnc(C(=O)N[C@H]2COCC(CCCc3ccccc3)CC(C)OC2=O)c1O. The van der Waals surface area contributed by atoms with E-state index in [1.165, 1.54) is 24.9 Å². The number of nitrogens with one attached hydrogen (secondary N) is 1. The standard InChI is InChI=1S/C24H30N2O6/c1-16-13-18(10-6-9-17-7-4-3-5-8-17)14-31-15-19(24(29)32-16)26-23(28)21-22(27)20(30-2)11-12-25-21/h3-5,7-8,11-12,16,18-19,27H,6,9-10,13-15H2,1-2H3,(H,26,28)/t16?,18?,19-/m0/s1. The first kappa shape index (κ1) is 23.5. The molecule has 1 fully saturated rings. The van der Waals surface area contributed by atoms with Gasteiger partial charge in [0, 0.05) is 18.9 Å². The third-order valence-corrected chi connectivity index (χ3v) is 5.45. The fraction of sp³-hybridized carbons (Fsp3) is 0.458. The molecule has 8 heteroatoms. The van der Waals surface area contributed by atoms with E-state index in [2.05, 4.69) is 22.4 Å². The van der Waals surface area contributed by atoms with E-state index in [0.29, 0.717) is 13.0 Å². The summed E-state index contributed by atoms with van der Waals surface area (Å²) in [6, 6.07) is 10.7. The van der Waals surface area contributed by atoms with E-state index in [0.717, 1.165) is 19.3 Å². The van der Waals surface area contributed by atoms with Gasteiger partial charge in [0.15, 0.2) is 23.2 Å². The summed E-state index contributed by atoms with van der Waals surface area (Å²) >= 11 is 0. The molecular formula is C24H30N2O6. The molecular weight excluding hydrogens is 412 g/mol. The molecule has 1 saturated heterocycles. The molecule has 0 aliphatic carbocycles. The van der Waals surface area contributed by atoms with E-state index in [4.69, 9.17) is 14.2 Å². The van der Waals surface area contributed by atoms with Crippen molar-refractivity contribution in [1.82, 2.24) is 10.3 Å². The fourth-order valence-electron chi connectivity index (χ4n) is 3.82. The average molecular weight is 443 g/mol. The first-order chi connectivity index (χ1) is 15.5. The third-order valence-electron chi connectivity index (χ3n) is 5.45. The number of methoxy groups -OCH3 is 1. The molecule has 0 bridgehead atoms. The van der Waals surface area contributed by atoms with Crippen molar-refractivity contribution in [3.63, 3.8) is 0 Å². The summed E-state index contributed by atoms with van der Waals surface area (Å²) in [7, 11) is 1.37. The molecule has 172 valence electrons. The number of benzene rings is 1. The summed E-state index contributed by atoms with van der Waals surface area (Å²) in [6.45, 7) is 2.31. The molecule has 1 aromatic heterocycles. The maximum atomic E-state index is 12.6. The number of aromatic hydroxyl groups is 1. The van der Waals surface area contributed by atoms with Gasteiger partial charge >= 0.3 is 5.97 Å². The minimum absolute atomic E-state index is 0.0167. The highest BCUT2D eigenvalue weighted by Gasteiger charge is 2.29. The van der Waals surface area contributed by atoms with Crippen LogP contribution in [-0.2, 0) is 20.7 Å². The molecule has 1 aliphatic rings. The molecule has 2 aromatic rings. The Kier molecular flexibility index (Phi) is 8.44. The number of hydrogen-bond acceptors (Lipinski definition) is 7. The Balaban J connectivity index is 1.57. The lowest BCUT2D eigenvalue weighted by Gasteiger charge is -2.19. The molecule has 1 amide bonds. The lowest BCUT2D eigenvalue weighted by Crippen LogP contribution is -2.45.